The molecule has 16 heavy (non-hydrogen) atoms. The van der Waals surface area contributed by atoms with E-state index in [-0.39, 0.29) is 11.3 Å². The fourth-order valence-corrected chi connectivity index (χ4v) is 1.07. The van der Waals surface area contributed by atoms with Crippen LogP contribution in [-0.4, -0.2) is 13.4 Å². The smallest absolute Gasteiger partial charge is 0.416 e. The minimum atomic E-state index is -4.47. The molecule has 0 heterocycles. The van der Waals surface area contributed by atoms with Gasteiger partial charge in [0.15, 0.2) is 6.29 Å². The summed E-state index contributed by atoms with van der Waals surface area (Å²) in [4.78, 5) is 9.99. The first-order valence-electron chi connectivity index (χ1n) is 4.19. The van der Waals surface area contributed by atoms with Gasteiger partial charge in [-0.05, 0) is 24.1 Å². The molecule has 1 aromatic rings. The fourth-order valence-electron chi connectivity index (χ4n) is 1.07. The number of aldehydes is 1. The van der Waals surface area contributed by atoms with E-state index in [4.69, 9.17) is 4.74 Å². The number of hydrogen-bond acceptors (Lipinski definition) is 2. The lowest BCUT2D eigenvalue weighted by Gasteiger charge is -2.09. The van der Waals surface area contributed by atoms with Crippen molar-refractivity contribution < 1.29 is 22.7 Å². The molecule has 0 fully saturated rings. The first kappa shape index (κ1) is 12.1. The van der Waals surface area contributed by atoms with Crippen LogP contribution < -0.4 is 4.74 Å². The van der Waals surface area contributed by atoms with Crippen molar-refractivity contribution in [3.63, 3.8) is 0 Å². The molecular weight excluding hydrogens is 221 g/mol. The third-order valence-electron chi connectivity index (χ3n) is 1.74. The zero-order valence-corrected chi connectivity index (χ0v) is 8.26. The van der Waals surface area contributed by atoms with Gasteiger partial charge in [0.25, 0.3) is 0 Å². The molecule has 0 amide bonds. The van der Waals surface area contributed by atoms with Crippen molar-refractivity contribution in [2.24, 2.45) is 0 Å². The summed E-state index contributed by atoms with van der Waals surface area (Å²) >= 11 is 0. The molecule has 0 saturated heterocycles. The molecule has 0 radical (unpaired) electrons. The number of ether oxygens (including phenoxy) is 1. The Morgan fingerprint density at radius 1 is 1.31 bits per heavy atom. The molecule has 0 spiro atoms. The van der Waals surface area contributed by atoms with Crippen LogP contribution in [0.1, 0.15) is 11.1 Å². The van der Waals surface area contributed by atoms with Crippen molar-refractivity contribution in [1.29, 1.82) is 0 Å². The summed E-state index contributed by atoms with van der Waals surface area (Å²) in [5.41, 5.74) is -0.777. The van der Waals surface area contributed by atoms with Crippen molar-refractivity contribution in [3.8, 4) is 17.6 Å². The number of rotatable bonds is 1. The standard InChI is InChI=1S/C11H7F3O2/c1-16-10-6-8(3-2-4-15)5-9(7-10)11(12,13)14/h4-7H,1H3. The number of halogens is 3. The Kier molecular flexibility index (Phi) is 3.56. The van der Waals surface area contributed by atoms with Crippen LogP contribution in [0.4, 0.5) is 13.2 Å². The third-order valence-corrected chi connectivity index (χ3v) is 1.74. The quantitative estimate of drug-likeness (QED) is 0.544. The number of alkyl halides is 3. The SMILES string of the molecule is COc1cc(C#CC=O)cc(C(F)(F)F)c1. The molecule has 0 aromatic heterocycles. The summed E-state index contributed by atoms with van der Waals surface area (Å²) in [6.45, 7) is 0. The molecule has 0 N–H and O–H groups in total. The molecular formula is C11H7F3O2. The van der Waals surface area contributed by atoms with Crippen LogP contribution in [0.15, 0.2) is 18.2 Å². The van der Waals surface area contributed by atoms with E-state index in [0.29, 0.717) is 6.29 Å². The molecule has 0 aliphatic rings. The molecule has 0 atom stereocenters. The van der Waals surface area contributed by atoms with Gasteiger partial charge in [-0.2, -0.15) is 13.2 Å². The zero-order valence-electron chi connectivity index (χ0n) is 8.26. The van der Waals surface area contributed by atoms with Crippen molar-refractivity contribution in [3.05, 3.63) is 29.3 Å². The van der Waals surface area contributed by atoms with E-state index in [9.17, 15) is 18.0 Å². The highest BCUT2D eigenvalue weighted by Crippen LogP contribution is 2.32. The van der Waals surface area contributed by atoms with Gasteiger partial charge < -0.3 is 4.74 Å². The van der Waals surface area contributed by atoms with Crippen molar-refractivity contribution in [2.45, 2.75) is 6.18 Å². The van der Waals surface area contributed by atoms with E-state index in [1.165, 1.54) is 13.2 Å². The van der Waals surface area contributed by atoms with Gasteiger partial charge >= 0.3 is 6.18 Å². The maximum absolute atomic E-state index is 12.4. The van der Waals surface area contributed by atoms with Gasteiger partial charge in [-0.15, -0.1) is 0 Å². The number of carbonyl (C=O) groups is 1. The average Bonchev–Trinajstić information content (AvgIpc) is 2.24. The van der Waals surface area contributed by atoms with Gasteiger partial charge in [-0.1, -0.05) is 5.92 Å². The number of hydrogen-bond donors (Lipinski definition) is 0. The Labute approximate surface area is 90.0 Å². The minimum absolute atomic E-state index is 0.0463. The number of carbonyl (C=O) groups excluding carboxylic acids is 1. The predicted molar refractivity (Wildman–Crippen MR) is 50.9 cm³/mol. The van der Waals surface area contributed by atoms with Crippen molar-refractivity contribution >= 4 is 6.29 Å². The van der Waals surface area contributed by atoms with Gasteiger partial charge in [0, 0.05) is 5.56 Å². The number of methoxy groups -OCH3 is 1. The van der Waals surface area contributed by atoms with E-state index in [0.717, 1.165) is 12.1 Å². The fraction of sp³-hybridized carbons (Fsp3) is 0.182. The molecule has 1 rings (SSSR count). The Morgan fingerprint density at radius 3 is 2.50 bits per heavy atom. The van der Waals surface area contributed by atoms with Crippen LogP contribution in [0.2, 0.25) is 0 Å². The molecule has 0 aliphatic heterocycles. The van der Waals surface area contributed by atoms with Crippen LogP contribution in [-0.2, 0) is 11.0 Å². The normalized spacial score (nSPS) is 10.2. The molecule has 5 heteroatoms. The van der Waals surface area contributed by atoms with Gasteiger partial charge in [-0.25, -0.2) is 0 Å². The molecule has 2 nitrogen and oxygen atoms in total. The largest absolute Gasteiger partial charge is 0.497 e. The third kappa shape index (κ3) is 3.02. The topological polar surface area (TPSA) is 26.3 Å². The second kappa shape index (κ2) is 4.71. The van der Waals surface area contributed by atoms with E-state index in [1.807, 2.05) is 5.92 Å². The van der Waals surface area contributed by atoms with E-state index in [2.05, 4.69) is 5.92 Å². The first-order chi connectivity index (χ1) is 7.47. The second-order valence-electron chi connectivity index (χ2n) is 2.84. The molecule has 0 unspecified atom stereocenters. The maximum Gasteiger partial charge on any atom is 0.416 e. The lowest BCUT2D eigenvalue weighted by Crippen LogP contribution is -2.05. The van der Waals surface area contributed by atoms with Crippen LogP contribution >= 0.6 is 0 Å². The maximum atomic E-state index is 12.4. The van der Waals surface area contributed by atoms with Gasteiger partial charge in [0.05, 0.1) is 12.7 Å². The Hall–Kier alpha value is -1.96. The van der Waals surface area contributed by atoms with Gasteiger partial charge in [0.1, 0.15) is 5.75 Å². The lowest BCUT2D eigenvalue weighted by atomic mass is 10.1. The van der Waals surface area contributed by atoms with Crippen LogP contribution in [0, 0.1) is 11.8 Å². The summed E-state index contributed by atoms with van der Waals surface area (Å²) in [6, 6.07) is 3.05. The second-order valence-corrected chi connectivity index (χ2v) is 2.84. The molecule has 0 aliphatic carbocycles. The molecule has 0 bridgehead atoms. The van der Waals surface area contributed by atoms with E-state index >= 15 is 0 Å². The van der Waals surface area contributed by atoms with Gasteiger partial charge in [0.2, 0.25) is 0 Å². The Morgan fingerprint density at radius 2 is 2.00 bits per heavy atom. The van der Waals surface area contributed by atoms with Crippen LogP contribution in [0.25, 0.3) is 0 Å². The number of benzene rings is 1. The predicted octanol–water partition coefficient (Wildman–Crippen LogP) is 2.26. The summed E-state index contributed by atoms with van der Waals surface area (Å²) in [5.74, 6) is 4.37. The van der Waals surface area contributed by atoms with Crippen molar-refractivity contribution in [1.82, 2.24) is 0 Å². The Bertz CT molecular complexity index is 453. The van der Waals surface area contributed by atoms with Crippen molar-refractivity contribution in [2.75, 3.05) is 7.11 Å². The highest BCUT2D eigenvalue weighted by molar-refractivity contribution is 5.74. The molecule has 84 valence electrons. The van der Waals surface area contributed by atoms with E-state index in [1.54, 1.807) is 0 Å². The minimum Gasteiger partial charge on any atom is -0.497 e. The molecule has 0 saturated carbocycles. The highest BCUT2D eigenvalue weighted by Gasteiger charge is 2.31. The summed E-state index contributed by atoms with van der Waals surface area (Å²) in [6.07, 6.45) is -4.15. The lowest BCUT2D eigenvalue weighted by molar-refractivity contribution is -0.137. The van der Waals surface area contributed by atoms with Crippen LogP contribution in [0.5, 0.6) is 5.75 Å². The Balaban J connectivity index is 3.26. The monoisotopic (exact) mass is 228 g/mol. The van der Waals surface area contributed by atoms with E-state index < -0.39 is 11.7 Å². The zero-order chi connectivity index (χ0) is 12.2. The highest BCUT2D eigenvalue weighted by atomic mass is 19.4. The van der Waals surface area contributed by atoms with Gasteiger partial charge in [-0.3, -0.25) is 4.79 Å². The molecule has 1 aromatic carbocycles. The summed E-state index contributed by atoms with van der Waals surface area (Å²) in [7, 11) is 1.26. The summed E-state index contributed by atoms with van der Waals surface area (Å²) in [5, 5.41) is 0. The van der Waals surface area contributed by atoms with Crippen LogP contribution in [0.3, 0.4) is 0 Å². The average molecular weight is 228 g/mol. The first-order valence-corrected chi connectivity index (χ1v) is 4.19. The summed E-state index contributed by atoms with van der Waals surface area (Å²) < 4.78 is 42.0.